The first-order chi connectivity index (χ1) is 5.35. The first-order valence-electron chi connectivity index (χ1n) is 3.28. The Morgan fingerprint density at radius 3 is 2.82 bits per heavy atom. The normalized spacial score (nSPS) is 12.6. The zero-order chi connectivity index (χ0) is 8.53. The quantitative estimate of drug-likeness (QED) is 0.592. The van der Waals surface area contributed by atoms with Crippen molar-refractivity contribution < 1.29 is 0 Å². The van der Waals surface area contributed by atoms with E-state index in [2.05, 4.69) is 16.9 Å². The molecule has 0 unspecified atom stereocenters. The average molecular weight is 151 g/mol. The Bertz CT molecular complexity index is 190. The van der Waals surface area contributed by atoms with E-state index < -0.39 is 0 Å². The molecule has 0 amide bonds. The molecule has 0 fully saturated rings. The van der Waals surface area contributed by atoms with Crippen LogP contribution in [0.5, 0.6) is 0 Å². The third kappa shape index (κ3) is 4.96. The highest BCUT2D eigenvalue weighted by Crippen LogP contribution is 1.81. The van der Waals surface area contributed by atoms with Crippen molar-refractivity contribution in [1.82, 2.24) is 5.32 Å². The van der Waals surface area contributed by atoms with Crippen LogP contribution in [-0.4, -0.2) is 6.21 Å². The van der Waals surface area contributed by atoms with Crippen LogP contribution >= 0.6 is 0 Å². The summed E-state index contributed by atoms with van der Waals surface area (Å²) in [5.74, 6) is 0. The van der Waals surface area contributed by atoms with Gasteiger partial charge < -0.3 is 11.1 Å². The predicted molar refractivity (Wildman–Crippen MR) is 48.9 cm³/mol. The van der Waals surface area contributed by atoms with Crippen LogP contribution in [0.4, 0.5) is 0 Å². The molecule has 0 aliphatic rings. The first-order valence-corrected chi connectivity index (χ1v) is 3.28. The second-order valence-electron chi connectivity index (χ2n) is 1.73. The summed E-state index contributed by atoms with van der Waals surface area (Å²) in [5.41, 5.74) is 5.97. The lowest BCUT2D eigenvalue weighted by molar-refractivity contribution is 1.14. The molecule has 0 aromatic rings. The minimum Gasteiger partial charge on any atom is -0.403 e. The smallest absolute Gasteiger partial charge is 0.0722 e. The van der Waals surface area contributed by atoms with Crippen molar-refractivity contribution in [3.8, 4) is 0 Å². The first kappa shape index (κ1) is 9.49. The van der Waals surface area contributed by atoms with Gasteiger partial charge in [-0.2, -0.15) is 0 Å². The molecule has 11 heavy (non-hydrogen) atoms. The van der Waals surface area contributed by atoms with E-state index in [4.69, 9.17) is 5.73 Å². The Morgan fingerprint density at radius 1 is 1.64 bits per heavy atom. The van der Waals surface area contributed by atoms with E-state index in [-0.39, 0.29) is 0 Å². The van der Waals surface area contributed by atoms with Gasteiger partial charge in [-0.1, -0.05) is 12.7 Å². The van der Waals surface area contributed by atoms with Gasteiger partial charge in [-0.25, -0.2) is 0 Å². The molecular formula is C8H13N3. The SMILES string of the molecule is C=CNC(/C=N\C=C/C)=C\N. The Balaban J connectivity index is 3.97. The van der Waals surface area contributed by atoms with Crippen molar-refractivity contribution in [2.75, 3.05) is 0 Å². The van der Waals surface area contributed by atoms with Gasteiger partial charge in [0.25, 0.3) is 0 Å². The van der Waals surface area contributed by atoms with Crippen LogP contribution in [0.1, 0.15) is 6.92 Å². The fourth-order valence-corrected chi connectivity index (χ4v) is 0.456. The number of aliphatic imine (C=N–C) groups is 1. The van der Waals surface area contributed by atoms with Crippen molar-refractivity contribution in [3.05, 3.63) is 37.0 Å². The van der Waals surface area contributed by atoms with Crippen molar-refractivity contribution >= 4 is 6.21 Å². The molecule has 0 aliphatic carbocycles. The largest absolute Gasteiger partial charge is 0.403 e. The monoisotopic (exact) mass is 151 g/mol. The predicted octanol–water partition coefficient (Wildman–Crippen LogP) is 1.12. The van der Waals surface area contributed by atoms with E-state index in [0.29, 0.717) is 0 Å². The molecule has 0 bridgehead atoms. The average Bonchev–Trinajstić information content (AvgIpc) is 2.03. The van der Waals surface area contributed by atoms with Crippen molar-refractivity contribution in [3.63, 3.8) is 0 Å². The van der Waals surface area contributed by atoms with E-state index in [1.165, 1.54) is 6.20 Å². The maximum Gasteiger partial charge on any atom is 0.0722 e. The van der Waals surface area contributed by atoms with Gasteiger partial charge >= 0.3 is 0 Å². The number of nitrogens with two attached hydrogens (primary N) is 1. The molecule has 3 N–H and O–H groups in total. The summed E-state index contributed by atoms with van der Waals surface area (Å²) >= 11 is 0. The van der Waals surface area contributed by atoms with Crippen LogP contribution in [0.2, 0.25) is 0 Å². The molecule has 3 nitrogen and oxygen atoms in total. The summed E-state index contributed by atoms with van der Waals surface area (Å²) in [4.78, 5) is 3.92. The lowest BCUT2D eigenvalue weighted by atomic mass is 10.5. The second kappa shape index (κ2) is 6.61. The summed E-state index contributed by atoms with van der Waals surface area (Å²) in [5, 5.41) is 2.81. The van der Waals surface area contributed by atoms with Gasteiger partial charge in [-0.3, -0.25) is 4.99 Å². The minimum atomic E-state index is 0.720. The van der Waals surface area contributed by atoms with Crippen LogP contribution in [0.25, 0.3) is 0 Å². The maximum atomic E-state index is 5.25. The summed E-state index contributed by atoms with van der Waals surface area (Å²) in [6, 6.07) is 0. The van der Waals surface area contributed by atoms with Gasteiger partial charge in [0.15, 0.2) is 0 Å². The Hall–Kier alpha value is -1.51. The molecule has 0 atom stereocenters. The zero-order valence-corrected chi connectivity index (χ0v) is 6.62. The molecule has 0 aromatic heterocycles. The van der Waals surface area contributed by atoms with Crippen LogP contribution in [0.15, 0.2) is 41.9 Å². The third-order valence-electron chi connectivity index (χ3n) is 0.897. The van der Waals surface area contributed by atoms with E-state index >= 15 is 0 Å². The molecule has 0 radical (unpaired) electrons. The Labute approximate surface area is 67.0 Å². The molecule has 3 heteroatoms. The van der Waals surface area contributed by atoms with Crippen LogP contribution < -0.4 is 11.1 Å². The van der Waals surface area contributed by atoms with Gasteiger partial charge in [-0.15, -0.1) is 0 Å². The summed E-state index contributed by atoms with van der Waals surface area (Å²) in [7, 11) is 0. The van der Waals surface area contributed by atoms with Crippen molar-refractivity contribution in [2.45, 2.75) is 6.92 Å². The van der Waals surface area contributed by atoms with Gasteiger partial charge in [0, 0.05) is 12.4 Å². The van der Waals surface area contributed by atoms with E-state index in [9.17, 15) is 0 Å². The number of hydrogen-bond acceptors (Lipinski definition) is 3. The van der Waals surface area contributed by atoms with Gasteiger partial charge in [0.2, 0.25) is 0 Å². The molecule has 0 heterocycles. The molecule has 0 aliphatic heterocycles. The lowest BCUT2D eigenvalue weighted by Gasteiger charge is -1.95. The van der Waals surface area contributed by atoms with Gasteiger partial charge in [-0.05, 0) is 13.1 Å². The minimum absolute atomic E-state index is 0.720. The molecule has 0 spiro atoms. The fourth-order valence-electron chi connectivity index (χ4n) is 0.456. The molecule has 0 saturated carbocycles. The highest BCUT2D eigenvalue weighted by Gasteiger charge is 1.82. The van der Waals surface area contributed by atoms with Gasteiger partial charge in [0.05, 0.1) is 11.9 Å². The van der Waals surface area contributed by atoms with Crippen LogP contribution in [-0.2, 0) is 0 Å². The molecule has 0 rings (SSSR count). The molecule has 0 aromatic carbocycles. The third-order valence-corrected chi connectivity index (χ3v) is 0.897. The Morgan fingerprint density at radius 2 is 2.36 bits per heavy atom. The lowest BCUT2D eigenvalue weighted by Crippen LogP contribution is -2.07. The number of hydrogen-bond donors (Lipinski definition) is 2. The van der Waals surface area contributed by atoms with Gasteiger partial charge in [0.1, 0.15) is 0 Å². The standard InChI is InChI=1S/C8H13N3/c1-3-5-10-7-8(6-9)11-4-2/h3-7,11H,2,9H2,1H3/b5-3-,8-6-,10-7-. The highest BCUT2D eigenvalue weighted by molar-refractivity contribution is 5.78. The zero-order valence-electron chi connectivity index (χ0n) is 6.62. The van der Waals surface area contributed by atoms with E-state index in [1.807, 2.05) is 13.0 Å². The number of nitrogens with one attached hydrogen (secondary N) is 1. The molecule has 60 valence electrons. The summed E-state index contributed by atoms with van der Waals surface area (Å²) in [6.45, 7) is 5.38. The summed E-state index contributed by atoms with van der Waals surface area (Å²) < 4.78 is 0. The van der Waals surface area contributed by atoms with E-state index in [0.717, 1.165) is 5.70 Å². The second-order valence-corrected chi connectivity index (χ2v) is 1.73. The summed E-state index contributed by atoms with van der Waals surface area (Å²) in [6.07, 6.45) is 8.09. The topological polar surface area (TPSA) is 50.4 Å². The Kier molecular flexibility index (Phi) is 5.70. The van der Waals surface area contributed by atoms with Crippen molar-refractivity contribution in [2.24, 2.45) is 10.7 Å². The highest BCUT2D eigenvalue weighted by atomic mass is 14.9. The van der Waals surface area contributed by atoms with E-state index in [1.54, 1.807) is 18.6 Å². The number of nitrogens with zero attached hydrogens (tertiary/aromatic N) is 1. The van der Waals surface area contributed by atoms with Crippen LogP contribution in [0, 0.1) is 0 Å². The number of allylic oxidation sites excluding steroid dienone is 2. The maximum absolute atomic E-state index is 5.25. The number of rotatable bonds is 4. The van der Waals surface area contributed by atoms with Crippen LogP contribution in [0.3, 0.4) is 0 Å². The molecular weight excluding hydrogens is 138 g/mol. The van der Waals surface area contributed by atoms with Crippen molar-refractivity contribution in [1.29, 1.82) is 0 Å². The molecule has 0 saturated heterocycles. The fraction of sp³-hybridized carbons (Fsp3) is 0.125.